The molecule has 0 saturated heterocycles. The summed E-state index contributed by atoms with van der Waals surface area (Å²) in [6.45, 7) is 1.53. The highest BCUT2D eigenvalue weighted by atomic mass is 16.6. The Bertz CT molecular complexity index is 669. The number of ether oxygens (including phenoxy) is 2. The summed E-state index contributed by atoms with van der Waals surface area (Å²) >= 11 is 0. The number of fused-ring (bicyclic) bond motifs is 1. The Kier molecular flexibility index (Phi) is 5.21. The predicted octanol–water partition coefficient (Wildman–Crippen LogP) is 1.77. The topological polar surface area (TPSA) is 93.7 Å². The van der Waals surface area contributed by atoms with Crippen molar-refractivity contribution >= 4 is 23.5 Å². The van der Waals surface area contributed by atoms with Gasteiger partial charge < -0.3 is 20.1 Å². The molecule has 0 radical (unpaired) electrons. The first-order valence-corrected chi connectivity index (χ1v) is 8.59. The third-order valence-corrected chi connectivity index (χ3v) is 4.44. The van der Waals surface area contributed by atoms with Gasteiger partial charge in [-0.2, -0.15) is 0 Å². The summed E-state index contributed by atoms with van der Waals surface area (Å²) in [5.41, 5.74) is 0.571. The van der Waals surface area contributed by atoms with E-state index in [1.807, 2.05) is 0 Å². The lowest BCUT2D eigenvalue weighted by Crippen LogP contribution is -2.42. The monoisotopic (exact) mass is 346 g/mol. The third kappa shape index (κ3) is 4.29. The number of rotatable bonds is 5. The maximum absolute atomic E-state index is 12.1. The molecule has 1 heterocycles. The molecule has 1 saturated carbocycles. The highest BCUT2D eigenvalue weighted by Gasteiger charge is 2.31. The molecule has 0 unspecified atom stereocenters. The van der Waals surface area contributed by atoms with E-state index < -0.39 is 24.1 Å². The van der Waals surface area contributed by atoms with Crippen molar-refractivity contribution in [2.75, 3.05) is 5.32 Å². The van der Waals surface area contributed by atoms with E-state index in [1.165, 1.54) is 6.92 Å². The molecule has 1 aliphatic carbocycles. The van der Waals surface area contributed by atoms with Gasteiger partial charge in [0.15, 0.2) is 12.2 Å². The van der Waals surface area contributed by atoms with Crippen molar-refractivity contribution in [1.82, 2.24) is 5.32 Å². The Morgan fingerprint density at radius 3 is 2.80 bits per heavy atom. The molecule has 2 N–H and O–H groups in total. The van der Waals surface area contributed by atoms with E-state index in [0.29, 0.717) is 11.4 Å². The third-order valence-electron chi connectivity index (χ3n) is 4.44. The fourth-order valence-electron chi connectivity index (χ4n) is 3.07. The van der Waals surface area contributed by atoms with Crippen molar-refractivity contribution < 1.29 is 23.9 Å². The molecular formula is C18H22N2O5. The Hall–Kier alpha value is -2.57. The van der Waals surface area contributed by atoms with Gasteiger partial charge in [-0.05, 0) is 31.9 Å². The standard InChI is InChI=1S/C18H22N2O5/c1-11(17(22)19-12-6-2-3-7-12)24-16(21)10-15-18(23)20-13-8-4-5-9-14(13)25-15/h4-5,8-9,11-12,15H,2-3,6-7,10H2,1H3,(H,19,22)(H,20,23)/t11-,15+/m1/s1. The van der Waals surface area contributed by atoms with E-state index in [4.69, 9.17) is 9.47 Å². The molecule has 7 heteroatoms. The molecule has 1 fully saturated rings. The van der Waals surface area contributed by atoms with E-state index in [-0.39, 0.29) is 18.4 Å². The van der Waals surface area contributed by atoms with Crippen molar-refractivity contribution in [3.63, 3.8) is 0 Å². The number of para-hydroxylation sites is 2. The largest absolute Gasteiger partial charge is 0.478 e. The van der Waals surface area contributed by atoms with Gasteiger partial charge in [-0.15, -0.1) is 0 Å². The van der Waals surface area contributed by atoms with Crippen LogP contribution < -0.4 is 15.4 Å². The van der Waals surface area contributed by atoms with Crippen LogP contribution in [0.15, 0.2) is 24.3 Å². The zero-order valence-electron chi connectivity index (χ0n) is 14.1. The first-order valence-electron chi connectivity index (χ1n) is 8.59. The molecule has 2 aliphatic rings. The van der Waals surface area contributed by atoms with Crippen LogP contribution in [0.1, 0.15) is 39.0 Å². The maximum Gasteiger partial charge on any atom is 0.310 e. The molecule has 1 aromatic rings. The minimum Gasteiger partial charge on any atom is -0.478 e. The van der Waals surface area contributed by atoms with Gasteiger partial charge in [0.05, 0.1) is 12.1 Å². The Morgan fingerprint density at radius 2 is 2.04 bits per heavy atom. The normalized spacial score (nSPS) is 20.8. The molecule has 0 bridgehead atoms. The first kappa shape index (κ1) is 17.3. The average Bonchev–Trinajstić information content (AvgIpc) is 3.08. The number of hydrogen-bond acceptors (Lipinski definition) is 5. The second-order valence-electron chi connectivity index (χ2n) is 6.42. The fourth-order valence-corrected chi connectivity index (χ4v) is 3.07. The highest BCUT2D eigenvalue weighted by molar-refractivity contribution is 5.99. The summed E-state index contributed by atoms with van der Waals surface area (Å²) in [6.07, 6.45) is 2.02. The molecule has 134 valence electrons. The number of nitrogens with one attached hydrogen (secondary N) is 2. The zero-order chi connectivity index (χ0) is 17.8. The van der Waals surface area contributed by atoms with E-state index in [0.717, 1.165) is 25.7 Å². The molecule has 2 amide bonds. The molecule has 1 aromatic carbocycles. The number of amides is 2. The van der Waals surface area contributed by atoms with Gasteiger partial charge in [-0.1, -0.05) is 25.0 Å². The molecule has 25 heavy (non-hydrogen) atoms. The quantitative estimate of drug-likeness (QED) is 0.793. The maximum atomic E-state index is 12.1. The number of esters is 1. The average molecular weight is 346 g/mol. The number of benzene rings is 1. The predicted molar refractivity (Wildman–Crippen MR) is 90.1 cm³/mol. The van der Waals surface area contributed by atoms with Crippen molar-refractivity contribution in [3.8, 4) is 5.75 Å². The number of carbonyl (C=O) groups excluding carboxylic acids is 3. The minimum absolute atomic E-state index is 0.164. The van der Waals surface area contributed by atoms with Crippen molar-refractivity contribution in [2.24, 2.45) is 0 Å². The van der Waals surface area contributed by atoms with Crippen LogP contribution in [0.25, 0.3) is 0 Å². The van der Waals surface area contributed by atoms with Crippen molar-refractivity contribution in [1.29, 1.82) is 0 Å². The Balaban J connectivity index is 1.50. The van der Waals surface area contributed by atoms with E-state index in [9.17, 15) is 14.4 Å². The first-order chi connectivity index (χ1) is 12.0. The lowest BCUT2D eigenvalue weighted by atomic mass is 10.1. The second kappa shape index (κ2) is 7.55. The summed E-state index contributed by atoms with van der Waals surface area (Å²) in [4.78, 5) is 36.1. The highest BCUT2D eigenvalue weighted by Crippen LogP contribution is 2.29. The minimum atomic E-state index is -0.965. The second-order valence-corrected chi connectivity index (χ2v) is 6.42. The summed E-state index contributed by atoms with van der Waals surface area (Å²) in [7, 11) is 0. The van der Waals surface area contributed by atoms with Gasteiger partial charge in [-0.25, -0.2) is 0 Å². The molecular weight excluding hydrogens is 324 g/mol. The summed E-state index contributed by atoms with van der Waals surface area (Å²) in [6, 6.07) is 7.16. The van der Waals surface area contributed by atoms with Crippen LogP contribution in [-0.2, 0) is 19.1 Å². The molecule has 0 spiro atoms. The molecule has 1 aliphatic heterocycles. The van der Waals surface area contributed by atoms with Crippen LogP contribution in [0.5, 0.6) is 5.75 Å². The van der Waals surface area contributed by atoms with Crippen LogP contribution in [0, 0.1) is 0 Å². The molecule has 0 aromatic heterocycles. The van der Waals surface area contributed by atoms with E-state index >= 15 is 0 Å². The van der Waals surface area contributed by atoms with Gasteiger partial charge in [0.25, 0.3) is 11.8 Å². The van der Waals surface area contributed by atoms with Gasteiger partial charge in [-0.3, -0.25) is 14.4 Å². The van der Waals surface area contributed by atoms with E-state index in [2.05, 4.69) is 10.6 Å². The lowest BCUT2D eigenvalue weighted by molar-refractivity contribution is -0.157. The Labute approximate surface area is 146 Å². The van der Waals surface area contributed by atoms with Crippen LogP contribution in [0.4, 0.5) is 5.69 Å². The SMILES string of the molecule is C[C@@H](OC(=O)C[C@@H]1Oc2ccccc2NC1=O)C(=O)NC1CCCC1. The van der Waals surface area contributed by atoms with Crippen molar-refractivity contribution in [2.45, 2.75) is 57.3 Å². The van der Waals surface area contributed by atoms with Crippen molar-refractivity contribution in [3.05, 3.63) is 24.3 Å². The molecule has 2 atom stereocenters. The van der Waals surface area contributed by atoms with Crippen LogP contribution in [0.2, 0.25) is 0 Å². The Morgan fingerprint density at radius 1 is 1.32 bits per heavy atom. The summed E-state index contributed by atoms with van der Waals surface area (Å²) < 4.78 is 10.7. The van der Waals surface area contributed by atoms with Gasteiger partial charge in [0.1, 0.15) is 5.75 Å². The fraction of sp³-hybridized carbons (Fsp3) is 0.500. The molecule has 7 nitrogen and oxygen atoms in total. The lowest BCUT2D eigenvalue weighted by Gasteiger charge is -2.25. The molecule has 3 rings (SSSR count). The zero-order valence-corrected chi connectivity index (χ0v) is 14.1. The van der Waals surface area contributed by atoms with Gasteiger partial charge >= 0.3 is 5.97 Å². The smallest absolute Gasteiger partial charge is 0.310 e. The van der Waals surface area contributed by atoms with Gasteiger partial charge in [0, 0.05) is 6.04 Å². The summed E-state index contributed by atoms with van der Waals surface area (Å²) in [5.74, 6) is -0.848. The number of hydrogen-bond donors (Lipinski definition) is 2. The number of anilines is 1. The van der Waals surface area contributed by atoms with Gasteiger partial charge in [0.2, 0.25) is 0 Å². The van der Waals surface area contributed by atoms with Crippen LogP contribution in [-0.4, -0.2) is 36.0 Å². The van der Waals surface area contributed by atoms with Crippen LogP contribution in [0.3, 0.4) is 0 Å². The van der Waals surface area contributed by atoms with Crippen LogP contribution >= 0.6 is 0 Å². The van der Waals surface area contributed by atoms with E-state index in [1.54, 1.807) is 24.3 Å². The number of carbonyl (C=O) groups is 3. The summed E-state index contributed by atoms with van der Waals surface area (Å²) in [5, 5.41) is 5.57.